The van der Waals surface area contributed by atoms with E-state index in [1.165, 1.54) is 30.0 Å². The van der Waals surface area contributed by atoms with Gasteiger partial charge in [0.05, 0.1) is 12.6 Å². The van der Waals surface area contributed by atoms with Crippen LogP contribution in [0, 0.1) is 6.92 Å². The van der Waals surface area contributed by atoms with Crippen LogP contribution in [0.3, 0.4) is 0 Å². The monoisotopic (exact) mass is 377 g/mol. The van der Waals surface area contributed by atoms with E-state index >= 15 is 0 Å². The second-order valence-corrected chi connectivity index (χ2v) is 7.08. The minimum atomic E-state index is -4.66. The van der Waals surface area contributed by atoms with Crippen LogP contribution in [0.5, 0.6) is 5.75 Å². The fourth-order valence-electron chi connectivity index (χ4n) is 2.58. The molecule has 1 aromatic carbocycles. The van der Waals surface area contributed by atoms with Crippen LogP contribution >= 0.6 is 11.6 Å². The van der Waals surface area contributed by atoms with Crippen LogP contribution in [-0.2, 0) is 4.74 Å². The maximum absolute atomic E-state index is 13.2. The lowest BCUT2D eigenvalue weighted by atomic mass is 10.0. The van der Waals surface area contributed by atoms with Gasteiger partial charge in [0.15, 0.2) is 5.38 Å². The molecule has 1 heterocycles. The van der Waals surface area contributed by atoms with Crippen LogP contribution in [-0.4, -0.2) is 29.5 Å². The molecule has 8 heteroatoms. The van der Waals surface area contributed by atoms with E-state index in [9.17, 15) is 18.0 Å². The molecule has 2 aromatic rings. The maximum atomic E-state index is 13.2. The lowest BCUT2D eigenvalue weighted by Crippen LogP contribution is -2.27. The largest absolute Gasteiger partial charge is 0.496 e. The van der Waals surface area contributed by atoms with Crippen molar-refractivity contribution in [3.05, 3.63) is 29.5 Å². The number of carbonyl (C=O) groups excluding carboxylic acids is 1. The molecule has 2 rings (SSSR count). The van der Waals surface area contributed by atoms with Crippen molar-refractivity contribution in [3.8, 4) is 5.75 Å². The predicted molar refractivity (Wildman–Crippen MR) is 89.5 cm³/mol. The number of rotatable bonds is 2. The third-order valence-corrected chi connectivity index (χ3v) is 3.98. The van der Waals surface area contributed by atoms with Crippen molar-refractivity contribution in [2.75, 3.05) is 7.11 Å². The quantitative estimate of drug-likeness (QED) is 0.641. The first-order valence-corrected chi connectivity index (χ1v) is 7.93. The molecule has 0 amide bonds. The first kappa shape index (κ1) is 19.4. The molecule has 0 saturated carbocycles. The molecule has 0 aliphatic heterocycles. The standard InChI is InChI=1S/C17H19ClF3NO3/c1-9-8-11(24-5)12(14(18)17(19,20)21)10-6-7-22(13(9)10)15(23)25-16(2,3)4/h6-8,14H,1-5H3. The number of halogens is 4. The van der Waals surface area contributed by atoms with E-state index < -0.39 is 23.2 Å². The predicted octanol–water partition coefficient (Wildman–Crippen LogP) is 5.58. The van der Waals surface area contributed by atoms with Crippen LogP contribution in [0.1, 0.15) is 37.3 Å². The maximum Gasteiger partial charge on any atom is 0.419 e. The summed E-state index contributed by atoms with van der Waals surface area (Å²) in [6, 6.07) is 2.84. The SMILES string of the molecule is COc1cc(C)c2c(ccn2C(=O)OC(C)(C)C)c1C(Cl)C(F)(F)F. The Bertz CT molecular complexity index is 806. The number of aromatic nitrogens is 1. The molecule has 1 atom stereocenters. The Morgan fingerprint density at radius 1 is 1.28 bits per heavy atom. The molecule has 138 valence electrons. The van der Waals surface area contributed by atoms with E-state index in [-0.39, 0.29) is 16.7 Å². The number of ether oxygens (including phenoxy) is 2. The first-order valence-electron chi connectivity index (χ1n) is 7.49. The highest BCUT2D eigenvalue weighted by atomic mass is 35.5. The number of nitrogens with zero attached hydrogens (tertiary/aromatic N) is 1. The summed E-state index contributed by atoms with van der Waals surface area (Å²) in [4.78, 5) is 12.4. The second-order valence-electron chi connectivity index (χ2n) is 6.64. The van der Waals surface area contributed by atoms with Gasteiger partial charge in [-0.25, -0.2) is 4.79 Å². The lowest BCUT2D eigenvalue weighted by molar-refractivity contribution is -0.131. The zero-order chi connectivity index (χ0) is 19.2. The first-order chi connectivity index (χ1) is 11.4. The lowest BCUT2D eigenvalue weighted by Gasteiger charge is -2.21. The number of aryl methyl sites for hydroxylation is 1. The zero-order valence-electron chi connectivity index (χ0n) is 14.5. The molecular weight excluding hydrogens is 359 g/mol. The van der Waals surface area contributed by atoms with E-state index in [0.29, 0.717) is 11.1 Å². The number of benzene rings is 1. The van der Waals surface area contributed by atoms with Gasteiger partial charge in [-0.15, -0.1) is 11.6 Å². The van der Waals surface area contributed by atoms with Gasteiger partial charge < -0.3 is 9.47 Å². The average molecular weight is 378 g/mol. The molecule has 0 saturated heterocycles. The van der Waals surface area contributed by atoms with E-state index in [1.54, 1.807) is 27.7 Å². The van der Waals surface area contributed by atoms with Crippen LogP contribution < -0.4 is 4.74 Å². The molecule has 0 spiro atoms. The van der Waals surface area contributed by atoms with Crippen molar-refractivity contribution < 1.29 is 27.4 Å². The van der Waals surface area contributed by atoms with Crippen LogP contribution in [0.25, 0.3) is 10.9 Å². The topological polar surface area (TPSA) is 40.5 Å². The highest BCUT2D eigenvalue weighted by Gasteiger charge is 2.42. The number of alkyl halides is 4. The third kappa shape index (κ3) is 3.86. The molecule has 4 nitrogen and oxygen atoms in total. The number of carbonyl (C=O) groups is 1. The summed E-state index contributed by atoms with van der Waals surface area (Å²) in [7, 11) is 1.27. The number of fused-ring (bicyclic) bond motifs is 1. The highest BCUT2D eigenvalue weighted by molar-refractivity contribution is 6.22. The van der Waals surface area contributed by atoms with Crippen molar-refractivity contribution in [2.24, 2.45) is 0 Å². The van der Waals surface area contributed by atoms with Gasteiger partial charge in [0, 0.05) is 17.1 Å². The Hall–Kier alpha value is -1.89. The van der Waals surface area contributed by atoms with Gasteiger partial charge in [-0.2, -0.15) is 13.2 Å². The Kier molecular flexibility index (Phi) is 5.01. The fraction of sp³-hybridized carbons (Fsp3) is 0.471. The van der Waals surface area contributed by atoms with E-state index in [0.717, 1.165) is 0 Å². The van der Waals surface area contributed by atoms with Gasteiger partial charge in [-0.3, -0.25) is 4.57 Å². The fourth-order valence-corrected chi connectivity index (χ4v) is 2.81. The van der Waals surface area contributed by atoms with Gasteiger partial charge >= 0.3 is 12.3 Å². The summed E-state index contributed by atoms with van der Waals surface area (Å²) < 4.78 is 51.1. The van der Waals surface area contributed by atoms with Gasteiger partial charge in [-0.1, -0.05) is 0 Å². The summed E-state index contributed by atoms with van der Waals surface area (Å²) in [5.74, 6) is 0.0178. The van der Waals surface area contributed by atoms with Gasteiger partial charge in [0.1, 0.15) is 11.4 Å². The van der Waals surface area contributed by atoms with Crippen molar-refractivity contribution in [1.82, 2.24) is 4.57 Å². The smallest absolute Gasteiger partial charge is 0.419 e. The number of methoxy groups -OCH3 is 1. The third-order valence-electron chi connectivity index (χ3n) is 3.51. The average Bonchev–Trinajstić information content (AvgIpc) is 2.89. The summed E-state index contributed by atoms with van der Waals surface area (Å²) in [5.41, 5.74) is -0.0882. The van der Waals surface area contributed by atoms with E-state index in [1.807, 2.05) is 0 Å². The van der Waals surface area contributed by atoms with Crippen LogP contribution in [0.2, 0.25) is 0 Å². The van der Waals surface area contributed by atoms with Crippen molar-refractivity contribution in [3.63, 3.8) is 0 Å². The molecule has 25 heavy (non-hydrogen) atoms. The van der Waals surface area contributed by atoms with Crippen LogP contribution in [0.4, 0.5) is 18.0 Å². The molecule has 1 unspecified atom stereocenters. The summed E-state index contributed by atoms with van der Waals surface area (Å²) in [5, 5.41) is -2.07. The molecule has 0 aliphatic carbocycles. The molecule has 0 aliphatic rings. The Labute approximate surface area is 148 Å². The zero-order valence-corrected chi connectivity index (χ0v) is 15.2. The minimum absolute atomic E-state index is 0.0178. The molecule has 0 bridgehead atoms. The van der Waals surface area contributed by atoms with Crippen molar-refractivity contribution in [1.29, 1.82) is 0 Å². The highest BCUT2D eigenvalue weighted by Crippen LogP contribution is 2.46. The molecule has 0 fully saturated rings. The van der Waals surface area contributed by atoms with E-state index in [2.05, 4.69) is 0 Å². The van der Waals surface area contributed by atoms with Crippen LogP contribution in [0.15, 0.2) is 18.3 Å². The van der Waals surface area contributed by atoms with Crippen molar-refractivity contribution >= 4 is 28.6 Å². The molecular formula is C17H19ClF3NO3. The Morgan fingerprint density at radius 3 is 2.36 bits per heavy atom. The van der Waals surface area contributed by atoms with Gasteiger partial charge in [0.25, 0.3) is 0 Å². The Balaban J connectivity index is 2.71. The summed E-state index contributed by atoms with van der Waals surface area (Å²) >= 11 is 5.66. The number of hydrogen-bond donors (Lipinski definition) is 0. The second kappa shape index (κ2) is 6.44. The minimum Gasteiger partial charge on any atom is -0.496 e. The van der Waals surface area contributed by atoms with Crippen molar-refractivity contribution in [2.45, 2.75) is 44.8 Å². The molecule has 0 N–H and O–H groups in total. The van der Waals surface area contributed by atoms with E-state index in [4.69, 9.17) is 21.1 Å². The number of hydrogen-bond acceptors (Lipinski definition) is 3. The molecule has 1 aromatic heterocycles. The Morgan fingerprint density at radius 2 is 1.88 bits per heavy atom. The summed E-state index contributed by atoms with van der Waals surface area (Å²) in [6.45, 7) is 6.79. The van der Waals surface area contributed by atoms with Gasteiger partial charge in [-0.05, 0) is 45.4 Å². The normalized spacial score (nSPS) is 13.8. The molecule has 0 radical (unpaired) electrons. The van der Waals surface area contributed by atoms with Gasteiger partial charge in [0.2, 0.25) is 0 Å². The summed E-state index contributed by atoms with van der Waals surface area (Å²) in [6.07, 6.45) is -3.97.